The van der Waals surface area contributed by atoms with Crippen LogP contribution in [0.4, 0.5) is 5.69 Å². The van der Waals surface area contributed by atoms with Crippen LogP contribution in [0, 0.1) is 0 Å². The zero-order valence-electron chi connectivity index (χ0n) is 9.15. The first-order valence-corrected chi connectivity index (χ1v) is 7.06. The first-order chi connectivity index (χ1) is 8.56. The van der Waals surface area contributed by atoms with E-state index in [1.807, 2.05) is 11.4 Å². The highest BCUT2D eigenvalue weighted by Gasteiger charge is 2.12. The van der Waals surface area contributed by atoms with Crippen molar-refractivity contribution >= 4 is 50.5 Å². The lowest BCUT2D eigenvalue weighted by molar-refractivity contribution is 0.0477. The number of nitrogen functional groups attached to an aromatic ring is 1. The third-order valence-corrected chi connectivity index (χ3v) is 4.16. The van der Waals surface area contributed by atoms with Gasteiger partial charge in [-0.3, -0.25) is 0 Å². The highest BCUT2D eigenvalue weighted by Crippen LogP contribution is 2.23. The Morgan fingerprint density at radius 1 is 1.44 bits per heavy atom. The minimum atomic E-state index is -0.454. The molecule has 0 radical (unpaired) electrons. The number of rotatable bonds is 3. The van der Waals surface area contributed by atoms with E-state index < -0.39 is 5.97 Å². The van der Waals surface area contributed by atoms with Crippen LogP contribution in [-0.2, 0) is 11.3 Å². The van der Waals surface area contributed by atoms with Crippen molar-refractivity contribution in [1.29, 1.82) is 0 Å². The van der Waals surface area contributed by atoms with Gasteiger partial charge in [0.05, 0.1) is 10.6 Å². The van der Waals surface area contributed by atoms with Crippen molar-refractivity contribution < 1.29 is 9.53 Å². The van der Waals surface area contributed by atoms with Crippen LogP contribution in [-0.4, -0.2) is 5.97 Å². The maximum absolute atomic E-state index is 11.8. The van der Waals surface area contributed by atoms with Gasteiger partial charge in [-0.25, -0.2) is 4.79 Å². The Labute approximate surface area is 122 Å². The number of halogens is 2. The maximum atomic E-state index is 11.8. The summed E-state index contributed by atoms with van der Waals surface area (Å²) in [5, 5.41) is 2.23. The highest BCUT2D eigenvalue weighted by atomic mass is 79.9. The predicted octanol–water partition coefficient (Wildman–Crippen LogP) is 4.10. The molecular weight excluding hydrogens is 338 g/mol. The number of benzene rings is 1. The van der Waals surface area contributed by atoms with E-state index in [1.54, 1.807) is 12.1 Å². The molecule has 0 aliphatic heterocycles. The van der Waals surface area contributed by atoms with Crippen LogP contribution in [0.25, 0.3) is 0 Å². The summed E-state index contributed by atoms with van der Waals surface area (Å²) >= 11 is 10.8. The lowest BCUT2D eigenvalue weighted by Gasteiger charge is -2.05. The molecule has 94 valence electrons. The fourth-order valence-corrected chi connectivity index (χ4v) is 2.97. The summed E-state index contributed by atoms with van der Waals surface area (Å²) in [5.41, 5.74) is 6.39. The summed E-state index contributed by atoms with van der Waals surface area (Å²) in [6, 6.07) is 6.61. The predicted molar refractivity (Wildman–Crippen MR) is 77.0 cm³/mol. The number of carbonyl (C=O) groups is 1. The molecule has 0 unspecified atom stereocenters. The van der Waals surface area contributed by atoms with E-state index in [0.717, 1.165) is 9.35 Å². The molecule has 0 amide bonds. The molecule has 0 aliphatic carbocycles. The molecule has 0 fully saturated rings. The number of thiophene rings is 1. The van der Waals surface area contributed by atoms with E-state index in [2.05, 4.69) is 15.9 Å². The number of esters is 1. The smallest absolute Gasteiger partial charge is 0.340 e. The van der Waals surface area contributed by atoms with Gasteiger partial charge in [0.15, 0.2) is 0 Å². The van der Waals surface area contributed by atoms with Gasteiger partial charge >= 0.3 is 5.97 Å². The molecule has 3 nitrogen and oxygen atoms in total. The molecule has 18 heavy (non-hydrogen) atoms. The average Bonchev–Trinajstić information content (AvgIpc) is 2.72. The number of carbonyl (C=O) groups excluding carboxylic acids is 1. The van der Waals surface area contributed by atoms with Gasteiger partial charge in [-0.15, -0.1) is 11.3 Å². The summed E-state index contributed by atoms with van der Waals surface area (Å²) in [4.78, 5) is 12.8. The quantitative estimate of drug-likeness (QED) is 0.672. The minimum absolute atomic E-state index is 0.232. The zero-order chi connectivity index (χ0) is 13.1. The van der Waals surface area contributed by atoms with Crippen LogP contribution in [0.1, 0.15) is 15.2 Å². The Morgan fingerprint density at radius 3 is 2.83 bits per heavy atom. The fraction of sp³-hybridized carbons (Fsp3) is 0.0833. The molecule has 2 N–H and O–H groups in total. The lowest BCUT2D eigenvalue weighted by Crippen LogP contribution is -2.05. The van der Waals surface area contributed by atoms with Gasteiger partial charge < -0.3 is 10.5 Å². The highest BCUT2D eigenvalue weighted by molar-refractivity contribution is 9.10. The lowest BCUT2D eigenvalue weighted by atomic mass is 10.2. The summed E-state index contributed by atoms with van der Waals surface area (Å²) in [6.45, 7) is 0.232. The number of ether oxygens (including phenoxy) is 1. The molecular formula is C12H9BrClNO2S. The van der Waals surface area contributed by atoms with E-state index in [0.29, 0.717) is 16.3 Å². The number of hydrogen-bond donors (Lipinski definition) is 1. The fourth-order valence-electron chi connectivity index (χ4n) is 1.34. The molecule has 0 atom stereocenters. The zero-order valence-corrected chi connectivity index (χ0v) is 12.3. The number of hydrogen-bond acceptors (Lipinski definition) is 4. The topological polar surface area (TPSA) is 52.3 Å². The summed E-state index contributed by atoms with van der Waals surface area (Å²) in [7, 11) is 0. The number of anilines is 1. The van der Waals surface area contributed by atoms with E-state index in [1.165, 1.54) is 17.4 Å². The standard InChI is InChI=1S/C12H9BrClNO2S/c13-7-3-9(18-6-7)5-17-12(16)10-2-1-8(15)4-11(10)14/h1-4,6H,5,15H2. The molecule has 1 aromatic carbocycles. The molecule has 0 bridgehead atoms. The van der Waals surface area contributed by atoms with Crippen LogP contribution in [0.15, 0.2) is 34.1 Å². The average molecular weight is 347 g/mol. The Balaban J connectivity index is 2.03. The molecule has 2 aromatic rings. The molecule has 2 rings (SSSR count). The van der Waals surface area contributed by atoms with Crippen molar-refractivity contribution in [3.63, 3.8) is 0 Å². The molecule has 1 heterocycles. The second kappa shape index (κ2) is 5.73. The molecule has 6 heteroatoms. The number of nitrogens with two attached hydrogens (primary N) is 1. The molecule has 0 saturated heterocycles. The van der Waals surface area contributed by atoms with E-state index in [-0.39, 0.29) is 6.61 Å². The van der Waals surface area contributed by atoms with Crippen molar-refractivity contribution in [3.05, 3.63) is 49.6 Å². The summed E-state index contributed by atoms with van der Waals surface area (Å²) in [5.74, 6) is -0.454. The van der Waals surface area contributed by atoms with Crippen molar-refractivity contribution in [2.45, 2.75) is 6.61 Å². The van der Waals surface area contributed by atoms with Gasteiger partial charge in [0.25, 0.3) is 0 Å². The monoisotopic (exact) mass is 345 g/mol. The third kappa shape index (κ3) is 3.25. The molecule has 0 spiro atoms. The first-order valence-electron chi connectivity index (χ1n) is 5.01. The largest absolute Gasteiger partial charge is 0.456 e. The van der Waals surface area contributed by atoms with Gasteiger partial charge in [0.1, 0.15) is 6.61 Å². The Morgan fingerprint density at radius 2 is 2.22 bits per heavy atom. The Hall–Kier alpha value is -1.04. The van der Waals surface area contributed by atoms with Gasteiger partial charge in [0.2, 0.25) is 0 Å². The van der Waals surface area contributed by atoms with E-state index in [4.69, 9.17) is 22.1 Å². The van der Waals surface area contributed by atoms with Crippen molar-refractivity contribution in [2.24, 2.45) is 0 Å². The molecule has 0 aliphatic rings. The second-order valence-corrected chi connectivity index (χ2v) is 5.87. The normalized spacial score (nSPS) is 10.3. The molecule has 1 aromatic heterocycles. The van der Waals surface area contributed by atoms with Gasteiger partial charge in [-0.2, -0.15) is 0 Å². The van der Waals surface area contributed by atoms with Crippen molar-refractivity contribution in [1.82, 2.24) is 0 Å². The van der Waals surface area contributed by atoms with Crippen LogP contribution in [0.5, 0.6) is 0 Å². The maximum Gasteiger partial charge on any atom is 0.340 e. The third-order valence-electron chi connectivity index (χ3n) is 2.18. The van der Waals surface area contributed by atoms with Gasteiger partial charge in [-0.05, 0) is 40.2 Å². The SMILES string of the molecule is Nc1ccc(C(=O)OCc2cc(Br)cs2)c(Cl)c1. The van der Waals surface area contributed by atoms with Crippen LogP contribution in [0.3, 0.4) is 0 Å². The van der Waals surface area contributed by atoms with Crippen molar-refractivity contribution in [2.75, 3.05) is 5.73 Å². The van der Waals surface area contributed by atoms with Crippen LogP contribution in [0.2, 0.25) is 5.02 Å². The second-order valence-electron chi connectivity index (χ2n) is 3.55. The first kappa shape index (κ1) is 13.4. The van der Waals surface area contributed by atoms with Crippen molar-refractivity contribution in [3.8, 4) is 0 Å². The molecule has 0 saturated carbocycles. The Kier molecular flexibility index (Phi) is 4.27. The summed E-state index contributed by atoms with van der Waals surface area (Å²) < 4.78 is 6.15. The van der Waals surface area contributed by atoms with E-state index >= 15 is 0 Å². The van der Waals surface area contributed by atoms with Crippen LogP contribution >= 0.6 is 38.9 Å². The van der Waals surface area contributed by atoms with Gasteiger partial charge in [-0.1, -0.05) is 11.6 Å². The Bertz CT molecular complexity index is 585. The van der Waals surface area contributed by atoms with Gasteiger partial charge in [0, 0.05) is 20.4 Å². The summed E-state index contributed by atoms with van der Waals surface area (Å²) in [6.07, 6.45) is 0. The minimum Gasteiger partial charge on any atom is -0.456 e. The van der Waals surface area contributed by atoms with E-state index in [9.17, 15) is 4.79 Å². The van der Waals surface area contributed by atoms with Crippen LogP contribution < -0.4 is 5.73 Å².